The standard InChI is InChI=1S/C18H26F3N3O2/c1-4-13(3)26-16-7-6-14(18(19,20)21)23-15(12-22-16)24-10-8-17(25,5-2)9-11-24/h4,14,25H,1,3,5-12H2,2H3/b22-16+,23-15+. The van der Waals surface area contributed by atoms with E-state index in [1.165, 1.54) is 6.08 Å². The topological polar surface area (TPSA) is 57.4 Å². The van der Waals surface area contributed by atoms with Crippen LogP contribution in [0.25, 0.3) is 0 Å². The van der Waals surface area contributed by atoms with Crippen molar-refractivity contribution >= 4 is 11.7 Å². The van der Waals surface area contributed by atoms with Crippen LogP contribution in [0.15, 0.2) is 35.0 Å². The SMILES string of the molecule is C=CC(=C)O/C1=N/C/C(N2CCC(O)(CC)CC2)=N\C(C(F)(F)F)CC1. The number of amidine groups is 1. The number of aliphatic imine (C=N–C) groups is 2. The van der Waals surface area contributed by atoms with Crippen molar-refractivity contribution in [2.45, 2.75) is 56.8 Å². The van der Waals surface area contributed by atoms with Gasteiger partial charge in [0.1, 0.15) is 17.6 Å². The molecule has 2 aliphatic heterocycles. The minimum atomic E-state index is -4.43. The lowest BCUT2D eigenvalue weighted by atomic mass is 9.89. The van der Waals surface area contributed by atoms with Crippen LogP contribution in [0.5, 0.6) is 0 Å². The Morgan fingerprint density at radius 3 is 2.62 bits per heavy atom. The van der Waals surface area contributed by atoms with Gasteiger partial charge in [-0.3, -0.25) is 4.99 Å². The molecule has 2 heterocycles. The Hall–Kier alpha value is -1.83. The van der Waals surface area contributed by atoms with Gasteiger partial charge in [-0.25, -0.2) is 4.99 Å². The number of hydrogen-bond acceptors (Lipinski definition) is 5. The maximum absolute atomic E-state index is 13.3. The van der Waals surface area contributed by atoms with Crippen molar-refractivity contribution in [3.05, 3.63) is 25.0 Å². The summed E-state index contributed by atoms with van der Waals surface area (Å²) < 4.78 is 45.4. The molecule has 2 rings (SSSR count). The minimum Gasteiger partial charge on any atom is -0.444 e. The van der Waals surface area contributed by atoms with E-state index in [2.05, 4.69) is 23.1 Å². The molecule has 8 heteroatoms. The summed E-state index contributed by atoms with van der Waals surface area (Å²) in [5.74, 6) is 0.742. The summed E-state index contributed by atoms with van der Waals surface area (Å²) in [5.41, 5.74) is -0.749. The highest BCUT2D eigenvalue weighted by Crippen LogP contribution is 2.30. The Morgan fingerprint density at radius 2 is 2.08 bits per heavy atom. The third-order valence-electron chi connectivity index (χ3n) is 4.91. The zero-order valence-electron chi connectivity index (χ0n) is 15.1. The number of nitrogens with zero attached hydrogens (tertiary/aromatic N) is 3. The fraction of sp³-hybridized carbons (Fsp3) is 0.667. The van der Waals surface area contributed by atoms with Crippen LogP contribution in [0.3, 0.4) is 0 Å². The molecule has 1 fully saturated rings. The van der Waals surface area contributed by atoms with Gasteiger partial charge >= 0.3 is 6.18 Å². The van der Waals surface area contributed by atoms with Gasteiger partial charge in [0.25, 0.3) is 0 Å². The molecule has 1 unspecified atom stereocenters. The van der Waals surface area contributed by atoms with Crippen molar-refractivity contribution in [1.82, 2.24) is 4.90 Å². The number of ether oxygens (including phenoxy) is 1. The molecule has 0 bridgehead atoms. The zero-order valence-corrected chi connectivity index (χ0v) is 15.1. The molecule has 1 atom stereocenters. The summed E-state index contributed by atoms with van der Waals surface area (Å²) in [6.45, 7) is 9.96. The van der Waals surface area contributed by atoms with Crippen LogP contribution in [0.1, 0.15) is 39.0 Å². The van der Waals surface area contributed by atoms with Crippen molar-refractivity contribution in [2.24, 2.45) is 9.98 Å². The van der Waals surface area contributed by atoms with Gasteiger partial charge in [-0.05, 0) is 31.8 Å². The van der Waals surface area contributed by atoms with E-state index >= 15 is 0 Å². The Labute approximate surface area is 152 Å². The number of likely N-dealkylation sites (tertiary alicyclic amines) is 1. The molecule has 0 aromatic carbocycles. The molecule has 1 N–H and O–H groups in total. The van der Waals surface area contributed by atoms with Gasteiger partial charge in [-0.15, -0.1) is 0 Å². The van der Waals surface area contributed by atoms with E-state index < -0.39 is 17.8 Å². The Balaban J connectivity index is 2.19. The number of alkyl halides is 3. The molecular weight excluding hydrogens is 347 g/mol. The second kappa shape index (κ2) is 8.24. The molecule has 0 radical (unpaired) electrons. The minimum absolute atomic E-state index is 0.0108. The van der Waals surface area contributed by atoms with Gasteiger partial charge in [0.05, 0.1) is 12.1 Å². The molecule has 0 amide bonds. The molecule has 0 aromatic heterocycles. The molecular formula is C18H26F3N3O2. The van der Waals surface area contributed by atoms with Crippen molar-refractivity contribution in [3.8, 4) is 0 Å². The normalized spacial score (nSPS) is 28.0. The maximum atomic E-state index is 13.3. The van der Waals surface area contributed by atoms with Crippen molar-refractivity contribution in [2.75, 3.05) is 19.6 Å². The van der Waals surface area contributed by atoms with Crippen LogP contribution >= 0.6 is 0 Å². The van der Waals surface area contributed by atoms with Crippen LogP contribution in [0, 0.1) is 0 Å². The largest absolute Gasteiger partial charge is 0.444 e. The van der Waals surface area contributed by atoms with Crippen LogP contribution in [0.4, 0.5) is 13.2 Å². The van der Waals surface area contributed by atoms with Crippen LogP contribution in [0.2, 0.25) is 0 Å². The molecule has 26 heavy (non-hydrogen) atoms. The molecule has 0 aromatic rings. The highest BCUT2D eigenvalue weighted by molar-refractivity contribution is 5.88. The molecule has 0 saturated carbocycles. The molecule has 2 aliphatic rings. The van der Waals surface area contributed by atoms with Crippen LogP contribution < -0.4 is 0 Å². The zero-order chi connectivity index (χ0) is 19.4. The second-order valence-electron chi connectivity index (χ2n) is 6.69. The van der Waals surface area contributed by atoms with E-state index in [9.17, 15) is 18.3 Å². The number of hydrogen-bond donors (Lipinski definition) is 1. The fourth-order valence-electron chi connectivity index (χ4n) is 3.01. The predicted molar refractivity (Wildman–Crippen MR) is 95.3 cm³/mol. The summed E-state index contributed by atoms with van der Waals surface area (Å²) in [6, 6.07) is -1.80. The molecule has 1 saturated heterocycles. The molecule has 146 valence electrons. The van der Waals surface area contributed by atoms with Crippen molar-refractivity contribution in [1.29, 1.82) is 0 Å². The average molecular weight is 373 g/mol. The molecule has 0 spiro atoms. The average Bonchev–Trinajstić information content (AvgIpc) is 2.57. The monoisotopic (exact) mass is 373 g/mol. The van der Waals surface area contributed by atoms with Gasteiger partial charge < -0.3 is 14.7 Å². The van der Waals surface area contributed by atoms with E-state index in [1.54, 1.807) is 4.90 Å². The van der Waals surface area contributed by atoms with E-state index in [-0.39, 0.29) is 36.9 Å². The van der Waals surface area contributed by atoms with E-state index in [4.69, 9.17) is 4.74 Å². The Kier molecular flexibility index (Phi) is 6.49. The Morgan fingerprint density at radius 1 is 1.42 bits per heavy atom. The van der Waals surface area contributed by atoms with Crippen LogP contribution in [-0.4, -0.2) is 59.2 Å². The van der Waals surface area contributed by atoms with Gasteiger partial charge in [-0.1, -0.05) is 20.1 Å². The van der Waals surface area contributed by atoms with Gasteiger partial charge in [0, 0.05) is 19.5 Å². The van der Waals surface area contributed by atoms with Gasteiger partial charge in [0.2, 0.25) is 0 Å². The summed E-state index contributed by atoms with van der Waals surface area (Å²) in [5, 5.41) is 10.3. The lowest BCUT2D eigenvalue weighted by molar-refractivity contribution is -0.148. The number of rotatable bonds is 3. The maximum Gasteiger partial charge on any atom is 0.410 e. The third kappa shape index (κ3) is 5.33. The fourth-order valence-corrected chi connectivity index (χ4v) is 3.01. The first-order chi connectivity index (χ1) is 12.2. The number of piperidine rings is 1. The number of halogens is 3. The summed E-state index contributed by atoms with van der Waals surface area (Å²) in [4.78, 5) is 10.0. The van der Waals surface area contributed by atoms with E-state index in [1.807, 2.05) is 6.92 Å². The van der Waals surface area contributed by atoms with Crippen molar-refractivity contribution < 1.29 is 23.0 Å². The molecule has 0 aliphatic carbocycles. The van der Waals surface area contributed by atoms with Gasteiger partial charge in [0.15, 0.2) is 5.90 Å². The first-order valence-corrected chi connectivity index (χ1v) is 8.80. The molecule has 5 nitrogen and oxygen atoms in total. The summed E-state index contributed by atoms with van der Waals surface area (Å²) in [6.07, 6.45) is -1.62. The van der Waals surface area contributed by atoms with Crippen molar-refractivity contribution in [3.63, 3.8) is 0 Å². The summed E-state index contributed by atoms with van der Waals surface area (Å²) >= 11 is 0. The smallest absolute Gasteiger partial charge is 0.410 e. The Bertz CT molecular complexity index is 591. The first kappa shape index (κ1) is 20.5. The van der Waals surface area contributed by atoms with Gasteiger partial charge in [-0.2, -0.15) is 13.2 Å². The first-order valence-electron chi connectivity index (χ1n) is 8.80. The lowest BCUT2D eigenvalue weighted by Gasteiger charge is -2.39. The quantitative estimate of drug-likeness (QED) is 0.609. The highest BCUT2D eigenvalue weighted by Gasteiger charge is 2.41. The highest BCUT2D eigenvalue weighted by atomic mass is 19.4. The van der Waals surface area contributed by atoms with E-state index in [0.717, 1.165) is 0 Å². The van der Waals surface area contributed by atoms with Crippen LogP contribution in [-0.2, 0) is 4.74 Å². The van der Waals surface area contributed by atoms with E-state index in [0.29, 0.717) is 32.4 Å². The number of allylic oxidation sites excluding steroid dienone is 1. The lowest BCUT2D eigenvalue weighted by Crippen LogP contribution is -2.48. The number of aliphatic hydroxyl groups is 1. The predicted octanol–water partition coefficient (Wildman–Crippen LogP) is 3.46. The second-order valence-corrected chi connectivity index (χ2v) is 6.69. The third-order valence-corrected chi connectivity index (χ3v) is 4.91. The summed E-state index contributed by atoms with van der Waals surface area (Å²) in [7, 11) is 0.